The highest BCUT2D eigenvalue weighted by atomic mass is 32.2. The average Bonchev–Trinajstić information content (AvgIpc) is 2.38. The molecule has 0 spiro atoms. The second-order valence-electron chi connectivity index (χ2n) is 5.19. The molecule has 0 aliphatic carbocycles. The van der Waals surface area contributed by atoms with Crippen molar-refractivity contribution < 1.29 is 13.2 Å². The molecule has 0 aromatic heterocycles. The van der Waals surface area contributed by atoms with E-state index in [1.807, 2.05) is 19.0 Å². The van der Waals surface area contributed by atoms with Crippen molar-refractivity contribution in [1.82, 2.24) is 14.5 Å². The number of piperidine rings is 1. The van der Waals surface area contributed by atoms with Gasteiger partial charge in [-0.15, -0.1) is 0 Å². The molecule has 1 atom stereocenters. The fraction of sp³-hybridized carbons (Fsp3) is 0.917. The SMILES string of the molecule is CCS(=O)(=O)N1CCC[C@H](C(=O)NCCN(C)C)C1. The molecule has 0 aromatic carbocycles. The first kappa shape index (κ1) is 16.4. The minimum atomic E-state index is -3.18. The third-order valence-electron chi connectivity index (χ3n) is 3.37. The molecule has 0 unspecified atom stereocenters. The third kappa shape index (κ3) is 5.08. The highest BCUT2D eigenvalue weighted by Gasteiger charge is 2.31. The number of carbonyl (C=O) groups excluding carboxylic acids is 1. The van der Waals surface area contributed by atoms with Gasteiger partial charge in [-0.25, -0.2) is 12.7 Å². The lowest BCUT2D eigenvalue weighted by Gasteiger charge is -2.31. The topological polar surface area (TPSA) is 69.7 Å². The summed E-state index contributed by atoms with van der Waals surface area (Å²) in [6.45, 7) is 3.88. The zero-order valence-electron chi connectivity index (χ0n) is 12.1. The van der Waals surface area contributed by atoms with Crippen molar-refractivity contribution in [2.75, 3.05) is 46.0 Å². The molecule has 1 fully saturated rings. The number of likely N-dealkylation sites (N-methyl/N-ethyl adjacent to an activating group) is 1. The first-order valence-corrected chi connectivity index (χ1v) is 8.38. The van der Waals surface area contributed by atoms with Crippen LogP contribution in [0.25, 0.3) is 0 Å². The molecule has 0 aromatic rings. The van der Waals surface area contributed by atoms with Gasteiger partial charge in [-0.05, 0) is 33.9 Å². The zero-order chi connectivity index (χ0) is 14.5. The molecule has 6 nitrogen and oxygen atoms in total. The summed E-state index contributed by atoms with van der Waals surface area (Å²) in [5.41, 5.74) is 0. The van der Waals surface area contributed by atoms with Gasteiger partial charge < -0.3 is 10.2 Å². The first-order valence-electron chi connectivity index (χ1n) is 6.77. The average molecular weight is 291 g/mol. The molecular formula is C12H25N3O3S. The van der Waals surface area contributed by atoms with Gasteiger partial charge in [0.25, 0.3) is 0 Å². The number of carbonyl (C=O) groups is 1. The fourth-order valence-corrected chi connectivity index (χ4v) is 3.32. The lowest BCUT2D eigenvalue weighted by Crippen LogP contribution is -2.46. The third-order valence-corrected chi connectivity index (χ3v) is 5.22. The molecule has 19 heavy (non-hydrogen) atoms. The minimum absolute atomic E-state index is 0.0298. The van der Waals surface area contributed by atoms with Crippen LogP contribution in [0, 0.1) is 5.92 Å². The van der Waals surface area contributed by atoms with Crippen LogP contribution < -0.4 is 5.32 Å². The van der Waals surface area contributed by atoms with E-state index in [1.54, 1.807) is 6.92 Å². The van der Waals surface area contributed by atoms with Crippen molar-refractivity contribution in [3.05, 3.63) is 0 Å². The number of nitrogens with one attached hydrogen (secondary N) is 1. The van der Waals surface area contributed by atoms with Crippen LogP contribution in [0.3, 0.4) is 0 Å². The molecule has 1 rings (SSSR count). The highest BCUT2D eigenvalue weighted by Crippen LogP contribution is 2.19. The largest absolute Gasteiger partial charge is 0.355 e. The molecule has 1 saturated heterocycles. The minimum Gasteiger partial charge on any atom is -0.355 e. The maximum absolute atomic E-state index is 12.0. The fourth-order valence-electron chi connectivity index (χ4n) is 2.14. The van der Waals surface area contributed by atoms with Gasteiger partial charge in [0.15, 0.2) is 0 Å². The second kappa shape index (κ2) is 7.21. The maximum atomic E-state index is 12.0. The van der Waals surface area contributed by atoms with E-state index in [-0.39, 0.29) is 17.6 Å². The van der Waals surface area contributed by atoms with Crippen LogP contribution in [-0.2, 0) is 14.8 Å². The number of amides is 1. The Morgan fingerprint density at radius 3 is 2.68 bits per heavy atom. The molecule has 1 N–H and O–H groups in total. The van der Waals surface area contributed by atoms with E-state index in [1.165, 1.54) is 4.31 Å². The molecule has 1 aliphatic heterocycles. The summed E-state index contributed by atoms with van der Waals surface area (Å²) in [6.07, 6.45) is 1.52. The summed E-state index contributed by atoms with van der Waals surface area (Å²) >= 11 is 0. The Morgan fingerprint density at radius 2 is 2.11 bits per heavy atom. The molecule has 112 valence electrons. The van der Waals surface area contributed by atoms with E-state index in [4.69, 9.17) is 0 Å². The molecule has 7 heteroatoms. The van der Waals surface area contributed by atoms with Gasteiger partial charge >= 0.3 is 0 Å². The van der Waals surface area contributed by atoms with Crippen molar-refractivity contribution >= 4 is 15.9 Å². The van der Waals surface area contributed by atoms with Crippen LogP contribution in [0.5, 0.6) is 0 Å². The van der Waals surface area contributed by atoms with E-state index in [0.717, 1.165) is 19.4 Å². The van der Waals surface area contributed by atoms with Crippen LogP contribution >= 0.6 is 0 Å². The monoisotopic (exact) mass is 291 g/mol. The standard InChI is InChI=1S/C12H25N3O3S/c1-4-19(17,18)15-8-5-6-11(10-15)12(16)13-7-9-14(2)3/h11H,4-10H2,1-3H3,(H,13,16)/t11-/m0/s1. The summed E-state index contributed by atoms with van der Waals surface area (Å²) in [7, 11) is 0.717. The Labute approximate surface area is 116 Å². The van der Waals surface area contributed by atoms with Gasteiger partial charge in [-0.2, -0.15) is 0 Å². The van der Waals surface area contributed by atoms with E-state index in [9.17, 15) is 13.2 Å². The predicted octanol–water partition coefficient (Wildman–Crippen LogP) is -0.274. The van der Waals surface area contributed by atoms with Crippen LogP contribution in [0.15, 0.2) is 0 Å². The van der Waals surface area contributed by atoms with Crippen LogP contribution in [0.2, 0.25) is 0 Å². The summed E-state index contributed by atoms with van der Waals surface area (Å²) in [6, 6.07) is 0. The van der Waals surface area contributed by atoms with Gasteiger partial charge in [0, 0.05) is 26.2 Å². The highest BCUT2D eigenvalue weighted by molar-refractivity contribution is 7.89. The number of sulfonamides is 1. The van der Waals surface area contributed by atoms with Gasteiger partial charge in [0.2, 0.25) is 15.9 Å². The van der Waals surface area contributed by atoms with Gasteiger partial charge in [0.1, 0.15) is 0 Å². The zero-order valence-corrected chi connectivity index (χ0v) is 12.9. The Balaban J connectivity index is 2.48. The van der Waals surface area contributed by atoms with E-state index < -0.39 is 10.0 Å². The van der Waals surface area contributed by atoms with Gasteiger partial charge in [-0.3, -0.25) is 4.79 Å². The number of rotatable bonds is 6. The number of hydrogen-bond donors (Lipinski definition) is 1. The summed E-state index contributed by atoms with van der Waals surface area (Å²) in [4.78, 5) is 14.0. The molecule has 0 bridgehead atoms. The van der Waals surface area contributed by atoms with Gasteiger partial charge in [-0.1, -0.05) is 0 Å². The van der Waals surface area contributed by atoms with Crippen molar-refractivity contribution in [2.45, 2.75) is 19.8 Å². The smallest absolute Gasteiger partial charge is 0.224 e. The lowest BCUT2D eigenvalue weighted by atomic mass is 9.99. The van der Waals surface area contributed by atoms with E-state index >= 15 is 0 Å². The Morgan fingerprint density at radius 1 is 1.42 bits per heavy atom. The summed E-state index contributed by atoms with van der Waals surface area (Å²) in [5, 5.41) is 2.87. The Hall–Kier alpha value is -0.660. The molecule has 1 aliphatic rings. The van der Waals surface area contributed by atoms with Crippen molar-refractivity contribution in [1.29, 1.82) is 0 Å². The Kier molecular flexibility index (Phi) is 6.22. The van der Waals surface area contributed by atoms with Crippen LogP contribution in [0.4, 0.5) is 0 Å². The van der Waals surface area contributed by atoms with E-state index in [2.05, 4.69) is 5.32 Å². The lowest BCUT2D eigenvalue weighted by molar-refractivity contribution is -0.126. The first-order chi connectivity index (χ1) is 8.86. The Bertz CT molecular complexity index is 395. The van der Waals surface area contributed by atoms with Crippen molar-refractivity contribution in [2.24, 2.45) is 5.92 Å². The quantitative estimate of drug-likeness (QED) is 0.731. The predicted molar refractivity (Wildman–Crippen MR) is 75.3 cm³/mol. The van der Waals surface area contributed by atoms with Crippen molar-refractivity contribution in [3.63, 3.8) is 0 Å². The summed E-state index contributed by atoms with van der Waals surface area (Å²) in [5.74, 6) is -0.141. The number of nitrogens with zero attached hydrogens (tertiary/aromatic N) is 2. The van der Waals surface area contributed by atoms with Crippen LogP contribution in [0.1, 0.15) is 19.8 Å². The molecule has 0 saturated carbocycles. The molecular weight excluding hydrogens is 266 g/mol. The number of hydrogen-bond acceptors (Lipinski definition) is 4. The molecule has 1 amide bonds. The van der Waals surface area contributed by atoms with Crippen molar-refractivity contribution in [3.8, 4) is 0 Å². The molecule has 0 radical (unpaired) electrons. The molecule has 1 heterocycles. The second-order valence-corrected chi connectivity index (χ2v) is 7.45. The van der Waals surface area contributed by atoms with Gasteiger partial charge in [0.05, 0.1) is 11.7 Å². The normalized spacial score (nSPS) is 21.6. The van der Waals surface area contributed by atoms with Crippen LogP contribution in [-0.4, -0.2) is 69.6 Å². The summed E-state index contributed by atoms with van der Waals surface area (Å²) < 4.78 is 25.1. The maximum Gasteiger partial charge on any atom is 0.224 e. The van der Waals surface area contributed by atoms with E-state index in [0.29, 0.717) is 19.6 Å².